The van der Waals surface area contributed by atoms with E-state index in [0.29, 0.717) is 22.9 Å². The number of halogens is 1. The van der Waals surface area contributed by atoms with Crippen LogP contribution in [-0.4, -0.2) is 49.3 Å². The summed E-state index contributed by atoms with van der Waals surface area (Å²) in [6, 6.07) is 6.23. The third-order valence-electron chi connectivity index (χ3n) is 6.38. The van der Waals surface area contributed by atoms with Gasteiger partial charge in [-0.05, 0) is 42.7 Å². The standard InChI is InChI=1S/C26H31FN6O4/c1-35-21-9-14(10-22(36-2)23(21)37-3)15-8-16(13-30-12-15)31-25-17(24(29)34)11-18(27)26(33-25)32-20-7-5-4-6-19(20)28/h8-13,19-20H,4-7,28H2,1-3H3,(H2,29,34)(H2,31,32,33). The Morgan fingerprint density at radius 2 is 1.68 bits per heavy atom. The summed E-state index contributed by atoms with van der Waals surface area (Å²) in [5.74, 6) is 0.0552. The molecule has 4 rings (SSSR count). The van der Waals surface area contributed by atoms with Crippen LogP contribution in [0.25, 0.3) is 11.1 Å². The highest BCUT2D eigenvalue weighted by atomic mass is 19.1. The first-order valence-corrected chi connectivity index (χ1v) is 11.9. The summed E-state index contributed by atoms with van der Waals surface area (Å²) in [7, 11) is 4.60. The minimum Gasteiger partial charge on any atom is -0.493 e. The first kappa shape index (κ1) is 26.0. The molecule has 1 aliphatic carbocycles. The van der Waals surface area contributed by atoms with Crippen LogP contribution >= 0.6 is 0 Å². The van der Waals surface area contributed by atoms with E-state index in [1.54, 1.807) is 30.6 Å². The summed E-state index contributed by atoms with van der Waals surface area (Å²) in [6.45, 7) is 0. The number of rotatable bonds is 9. The number of benzene rings is 1. The molecular weight excluding hydrogens is 479 g/mol. The highest BCUT2D eigenvalue weighted by Crippen LogP contribution is 2.41. The average molecular weight is 511 g/mol. The molecule has 0 saturated heterocycles. The maximum Gasteiger partial charge on any atom is 0.252 e. The Hall–Kier alpha value is -4.12. The van der Waals surface area contributed by atoms with Crippen LogP contribution in [0.3, 0.4) is 0 Å². The van der Waals surface area contributed by atoms with E-state index in [2.05, 4.69) is 20.6 Å². The molecule has 1 amide bonds. The number of carbonyl (C=O) groups is 1. The zero-order valence-electron chi connectivity index (χ0n) is 21.0. The van der Waals surface area contributed by atoms with Gasteiger partial charge in [-0.15, -0.1) is 0 Å². The van der Waals surface area contributed by atoms with Gasteiger partial charge in [0.2, 0.25) is 5.75 Å². The average Bonchev–Trinajstić information content (AvgIpc) is 2.90. The van der Waals surface area contributed by atoms with Gasteiger partial charge in [0, 0.05) is 23.8 Å². The van der Waals surface area contributed by atoms with Crippen molar-refractivity contribution in [1.82, 2.24) is 9.97 Å². The van der Waals surface area contributed by atoms with Gasteiger partial charge >= 0.3 is 0 Å². The van der Waals surface area contributed by atoms with E-state index in [1.807, 2.05) is 0 Å². The van der Waals surface area contributed by atoms with E-state index in [1.165, 1.54) is 21.3 Å². The molecule has 3 aromatic rings. The van der Waals surface area contributed by atoms with Crippen molar-refractivity contribution < 1.29 is 23.4 Å². The van der Waals surface area contributed by atoms with Crippen molar-refractivity contribution in [3.8, 4) is 28.4 Å². The molecule has 1 fully saturated rings. The molecule has 11 heteroatoms. The first-order valence-electron chi connectivity index (χ1n) is 11.9. The van der Waals surface area contributed by atoms with Crippen LogP contribution < -0.4 is 36.3 Å². The summed E-state index contributed by atoms with van der Waals surface area (Å²) < 4.78 is 31.1. The summed E-state index contributed by atoms with van der Waals surface area (Å²) in [5.41, 5.74) is 13.6. The second-order valence-corrected chi connectivity index (χ2v) is 8.78. The molecule has 10 nitrogen and oxygen atoms in total. The van der Waals surface area contributed by atoms with Crippen LogP contribution in [0.2, 0.25) is 0 Å². The van der Waals surface area contributed by atoms with E-state index in [9.17, 15) is 9.18 Å². The van der Waals surface area contributed by atoms with E-state index >= 15 is 0 Å². The minimum atomic E-state index is -0.816. The number of methoxy groups -OCH3 is 3. The van der Waals surface area contributed by atoms with Gasteiger partial charge in [0.1, 0.15) is 5.82 Å². The molecule has 6 N–H and O–H groups in total. The molecule has 37 heavy (non-hydrogen) atoms. The molecule has 196 valence electrons. The number of nitrogens with two attached hydrogens (primary N) is 2. The fourth-order valence-electron chi connectivity index (χ4n) is 4.44. The van der Waals surface area contributed by atoms with Crippen molar-refractivity contribution in [2.75, 3.05) is 32.0 Å². The second-order valence-electron chi connectivity index (χ2n) is 8.78. The Labute approximate surface area is 214 Å². The van der Waals surface area contributed by atoms with E-state index in [4.69, 9.17) is 25.7 Å². The Balaban J connectivity index is 1.68. The topological polar surface area (TPSA) is 147 Å². The molecule has 2 atom stereocenters. The second kappa shape index (κ2) is 11.3. The number of hydrogen-bond donors (Lipinski definition) is 4. The summed E-state index contributed by atoms with van der Waals surface area (Å²) in [5, 5.41) is 6.17. The maximum atomic E-state index is 14.9. The molecule has 0 radical (unpaired) electrons. The molecule has 1 aliphatic rings. The van der Waals surface area contributed by atoms with Gasteiger partial charge < -0.3 is 36.3 Å². The number of ether oxygens (including phenoxy) is 3. The van der Waals surface area contributed by atoms with Gasteiger partial charge in [0.25, 0.3) is 5.91 Å². The third kappa shape index (κ3) is 5.67. The van der Waals surface area contributed by atoms with Crippen molar-refractivity contribution in [1.29, 1.82) is 0 Å². The van der Waals surface area contributed by atoms with Crippen molar-refractivity contribution >= 4 is 23.2 Å². The lowest BCUT2D eigenvalue weighted by Crippen LogP contribution is -2.43. The predicted octanol–water partition coefficient (Wildman–Crippen LogP) is 3.83. The lowest BCUT2D eigenvalue weighted by Gasteiger charge is -2.30. The van der Waals surface area contributed by atoms with Gasteiger partial charge in [-0.3, -0.25) is 9.78 Å². The monoisotopic (exact) mass is 510 g/mol. The summed E-state index contributed by atoms with van der Waals surface area (Å²) in [4.78, 5) is 20.7. The van der Waals surface area contributed by atoms with Gasteiger partial charge in [0.15, 0.2) is 23.1 Å². The highest BCUT2D eigenvalue weighted by Gasteiger charge is 2.24. The number of pyridine rings is 2. The number of carbonyl (C=O) groups excluding carboxylic acids is 1. The Morgan fingerprint density at radius 1 is 0.973 bits per heavy atom. The molecule has 2 heterocycles. The van der Waals surface area contributed by atoms with E-state index in [-0.39, 0.29) is 29.3 Å². The normalized spacial score (nSPS) is 17.1. The van der Waals surface area contributed by atoms with E-state index < -0.39 is 11.7 Å². The van der Waals surface area contributed by atoms with Gasteiger partial charge in [0.05, 0.1) is 38.8 Å². The van der Waals surface area contributed by atoms with Crippen LogP contribution in [0.15, 0.2) is 36.7 Å². The van der Waals surface area contributed by atoms with Crippen molar-refractivity contribution in [3.05, 3.63) is 48.0 Å². The zero-order valence-corrected chi connectivity index (χ0v) is 21.0. The van der Waals surface area contributed by atoms with Crippen LogP contribution in [0.5, 0.6) is 17.2 Å². The molecule has 0 spiro atoms. The lowest BCUT2D eigenvalue weighted by molar-refractivity contribution is 0.100. The summed E-state index contributed by atoms with van der Waals surface area (Å²) >= 11 is 0. The quantitative estimate of drug-likeness (QED) is 0.337. The Morgan fingerprint density at radius 3 is 2.30 bits per heavy atom. The maximum absolute atomic E-state index is 14.9. The number of hydrogen-bond acceptors (Lipinski definition) is 9. The SMILES string of the molecule is COc1cc(-c2cncc(Nc3nc(NC4CCCCC4N)c(F)cc3C(N)=O)c2)cc(OC)c1OC. The number of nitrogens with zero attached hydrogens (tertiary/aromatic N) is 2. The minimum absolute atomic E-state index is 0.00332. The van der Waals surface area contributed by atoms with Crippen molar-refractivity contribution in [3.63, 3.8) is 0 Å². The fourth-order valence-corrected chi connectivity index (χ4v) is 4.44. The number of nitrogens with one attached hydrogen (secondary N) is 2. The Kier molecular flexibility index (Phi) is 7.92. The fraction of sp³-hybridized carbons (Fsp3) is 0.346. The van der Waals surface area contributed by atoms with Gasteiger partial charge in [-0.25, -0.2) is 9.37 Å². The van der Waals surface area contributed by atoms with Gasteiger partial charge in [-0.2, -0.15) is 0 Å². The Bertz CT molecular complexity index is 1260. The van der Waals surface area contributed by atoms with E-state index in [0.717, 1.165) is 42.9 Å². The highest BCUT2D eigenvalue weighted by molar-refractivity contribution is 5.98. The number of primary amides is 1. The van der Waals surface area contributed by atoms with Gasteiger partial charge in [-0.1, -0.05) is 12.8 Å². The number of aromatic nitrogens is 2. The van der Waals surface area contributed by atoms with Crippen LogP contribution in [-0.2, 0) is 0 Å². The lowest BCUT2D eigenvalue weighted by atomic mass is 9.91. The van der Waals surface area contributed by atoms with Crippen molar-refractivity contribution in [2.45, 2.75) is 37.8 Å². The predicted molar refractivity (Wildman–Crippen MR) is 139 cm³/mol. The molecular formula is C26H31FN6O4. The largest absolute Gasteiger partial charge is 0.493 e. The first-order chi connectivity index (χ1) is 17.8. The number of anilines is 3. The summed E-state index contributed by atoms with van der Waals surface area (Å²) in [6.07, 6.45) is 6.92. The molecule has 1 saturated carbocycles. The van der Waals surface area contributed by atoms with Crippen molar-refractivity contribution in [2.24, 2.45) is 11.5 Å². The number of amides is 1. The molecule has 0 bridgehead atoms. The zero-order chi connectivity index (χ0) is 26.5. The smallest absolute Gasteiger partial charge is 0.252 e. The molecule has 2 aromatic heterocycles. The third-order valence-corrected chi connectivity index (χ3v) is 6.38. The molecule has 2 unspecified atom stereocenters. The molecule has 0 aliphatic heterocycles. The van der Waals surface area contributed by atoms with Crippen LogP contribution in [0, 0.1) is 5.82 Å². The molecule has 1 aromatic carbocycles. The van der Waals surface area contributed by atoms with Crippen LogP contribution in [0.1, 0.15) is 36.0 Å². The van der Waals surface area contributed by atoms with Crippen LogP contribution in [0.4, 0.5) is 21.7 Å².